The second-order valence-electron chi connectivity index (χ2n) is 16.4. The Morgan fingerprint density at radius 1 is 0.344 bits per heavy atom. The zero-order valence-electron chi connectivity index (χ0n) is 33.2. The first kappa shape index (κ1) is 34.4. The van der Waals surface area contributed by atoms with Gasteiger partial charge in [-0.1, -0.05) is 188 Å². The predicted octanol–water partition coefficient (Wildman–Crippen LogP) is 16.4. The van der Waals surface area contributed by atoms with Gasteiger partial charge in [0.25, 0.3) is 0 Å². The van der Waals surface area contributed by atoms with E-state index in [0.717, 1.165) is 11.4 Å². The first-order valence-electron chi connectivity index (χ1n) is 21.1. The molecule has 0 amide bonds. The van der Waals surface area contributed by atoms with Crippen molar-refractivity contribution >= 4 is 59.3 Å². The first-order valence-corrected chi connectivity index (χ1v) is 21.9. The quantitative estimate of drug-likeness (QED) is 0.168. The lowest BCUT2D eigenvalue weighted by Gasteiger charge is -2.32. The molecule has 2 aliphatic rings. The highest BCUT2D eigenvalue weighted by Crippen LogP contribution is 2.63. The zero-order chi connectivity index (χ0) is 40.1. The summed E-state index contributed by atoms with van der Waals surface area (Å²) in [5.74, 6) is 0. The van der Waals surface area contributed by atoms with Crippen molar-refractivity contribution in [2.75, 3.05) is 4.90 Å². The van der Waals surface area contributed by atoms with Crippen LogP contribution in [0.2, 0.25) is 0 Å². The molecular formula is C59H37NS. The smallest absolute Gasteiger partial charge is 0.0726 e. The molecule has 1 aromatic heterocycles. The minimum Gasteiger partial charge on any atom is -0.309 e. The van der Waals surface area contributed by atoms with Crippen LogP contribution in [0, 0.1) is 0 Å². The molecular weight excluding hydrogens is 755 g/mol. The van der Waals surface area contributed by atoms with Gasteiger partial charge >= 0.3 is 0 Å². The van der Waals surface area contributed by atoms with Crippen molar-refractivity contribution in [1.82, 2.24) is 0 Å². The summed E-state index contributed by atoms with van der Waals surface area (Å²) in [6.45, 7) is 0. The van der Waals surface area contributed by atoms with E-state index in [0.29, 0.717) is 0 Å². The monoisotopic (exact) mass is 791 g/mol. The summed E-state index contributed by atoms with van der Waals surface area (Å²) < 4.78 is 2.58. The molecule has 2 aliphatic carbocycles. The van der Waals surface area contributed by atoms with Crippen molar-refractivity contribution in [2.24, 2.45) is 0 Å². The van der Waals surface area contributed by atoms with Gasteiger partial charge in [-0.3, -0.25) is 0 Å². The van der Waals surface area contributed by atoms with Crippen LogP contribution in [-0.2, 0) is 5.41 Å². The van der Waals surface area contributed by atoms with Crippen LogP contribution in [0.4, 0.5) is 17.1 Å². The summed E-state index contributed by atoms with van der Waals surface area (Å²) in [6, 6.07) is 83.5. The lowest BCUT2D eigenvalue weighted by Crippen LogP contribution is -2.26. The van der Waals surface area contributed by atoms with Crippen LogP contribution >= 0.6 is 11.3 Å². The maximum absolute atomic E-state index is 2.52. The van der Waals surface area contributed by atoms with E-state index in [9.17, 15) is 0 Å². The van der Waals surface area contributed by atoms with E-state index in [1.165, 1.54) is 103 Å². The predicted molar refractivity (Wildman–Crippen MR) is 259 cm³/mol. The fourth-order valence-corrected chi connectivity index (χ4v) is 11.9. The topological polar surface area (TPSA) is 3.24 Å². The molecule has 13 rings (SSSR count). The molecule has 0 atom stereocenters. The lowest BCUT2D eigenvalue weighted by molar-refractivity contribution is 0.793. The van der Waals surface area contributed by atoms with Gasteiger partial charge in [-0.15, -0.1) is 11.3 Å². The fourth-order valence-electron chi connectivity index (χ4n) is 10.7. The summed E-state index contributed by atoms with van der Waals surface area (Å²) in [6.07, 6.45) is 0. The highest BCUT2D eigenvalue weighted by Gasteiger charge is 2.51. The van der Waals surface area contributed by atoms with Gasteiger partial charge in [0.15, 0.2) is 0 Å². The van der Waals surface area contributed by atoms with Crippen LogP contribution in [0.5, 0.6) is 0 Å². The molecule has 0 unspecified atom stereocenters. The van der Waals surface area contributed by atoms with Crippen LogP contribution in [0.25, 0.3) is 75.5 Å². The van der Waals surface area contributed by atoms with Crippen LogP contribution in [-0.4, -0.2) is 0 Å². The summed E-state index contributed by atoms with van der Waals surface area (Å²) in [5, 5.41) is 5.18. The molecule has 284 valence electrons. The Labute approximate surface area is 359 Å². The van der Waals surface area contributed by atoms with Gasteiger partial charge in [0.2, 0.25) is 0 Å². The molecule has 0 radical (unpaired) electrons. The van der Waals surface area contributed by atoms with Crippen molar-refractivity contribution in [2.45, 2.75) is 5.41 Å². The molecule has 61 heavy (non-hydrogen) atoms. The fraction of sp³-hybridized carbons (Fsp3) is 0.0169. The van der Waals surface area contributed by atoms with E-state index >= 15 is 0 Å². The van der Waals surface area contributed by atoms with Gasteiger partial charge in [0, 0.05) is 26.8 Å². The Morgan fingerprint density at radius 2 is 0.885 bits per heavy atom. The molecule has 0 aliphatic heterocycles. The highest BCUT2D eigenvalue weighted by atomic mass is 32.1. The van der Waals surface area contributed by atoms with Crippen molar-refractivity contribution in [1.29, 1.82) is 0 Å². The normalized spacial score (nSPS) is 13.0. The third kappa shape index (κ3) is 4.94. The highest BCUT2D eigenvalue weighted by molar-refractivity contribution is 7.26. The first-order chi connectivity index (χ1) is 30.3. The number of hydrogen-bond acceptors (Lipinski definition) is 2. The van der Waals surface area contributed by atoms with E-state index < -0.39 is 5.41 Å². The molecule has 1 heterocycles. The molecule has 10 aromatic carbocycles. The second kappa shape index (κ2) is 13.2. The minimum absolute atomic E-state index is 0.439. The van der Waals surface area contributed by atoms with Crippen LogP contribution < -0.4 is 4.90 Å². The van der Waals surface area contributed by atoms with Gasteiger partial charge in [-0.2, -0.15) is 0 Å². The third-order valence-electron chi connectivity index (χ3n) is 13.3. The van der Waals surface area contributed by atoms with Crippen molar-refractivity contribution in [3.05, 3.63) is 247 Å². The number of fused-ring (bicyclic) bond motifs is 15. The number of nitrogens with zero attached hydrogens (tertiary/aromatic N) is 1. The molecule has 0 fully saturated rings. The molecule has 1 nitrogen and oxygen atoms in total. The summed E-state index contributed by atoms with van der Waals surface area (Å²) in [5.41, 5.74) is 18.4. The number of benzene rings is 10. The third-order valence-corrected chi connectivity index (χ3v) is 14.5. The number of anilines is 3. The van der Waals surface area contributed by atoms with Gasteiger partial charge < -0.3 is 4.90 Å². The standard InChI is InChI=1S/C59H37NS/c1-2-14-38(15-3-1)39-28-30-40(31-29-39)42-17-12-18-43(36-42)60(55-27-13-23-50-57-45-19-5-4-16-41(45)32-35-56(57)61-58(50)55)44-33-34-49-48-22-8-11-26-53(48)59(54(49)37-44)51-24-9-6-20-46(51)47-21-7-10-25-52(47)59/h1-37H. The molecule has 2 heteroatoms. The van der Waals surface area contributed by atoms with Crippen LogP contribution in [0.15, 0.2) is 224 Å². The Hall–Kier alpha value is -7.52. The molecule has 0 saturated heterocycles. The number of hydrogen-bond donors (Lipinski definition) is 0. The Morgan fingerprint density at radius 3 is 1.61 bits per heavy atom. The van der Waals surface area contributed by atoms with E-state index in [1.54, 1.807) is 0 Å². The molecule has 0 N–H and O–H groups in total. The molecule has 0 saturated carbocycles. The molecule has 0 bridgehead atoms. The van der Waals surface area contributed by atoms with E-state index in [4.69, 9.17) is 0 Å². The maximum Gasteiger partial charge on any atom is 0.0726 e. The lowest BCUT2D eigenvalue weighted by atomic mass is 9.70. The molecule has 1 spiro atoms. The summed E-state index contributed by atoms with van der Waals surface area (Å²) >= 11 is 1.89. The second-order valence-corrected chi connectivity index (χ2v) is 17.4. The van der Waals surface area contributed by atoms with Gasteiger partial charge in [-0.25, -0.2) is 0 Å². The SMILES string of the molecule is c1ccc(-c2ccc(-c3cccc(N(c4ccc5c(c4)C4(c6ccccc6-c6ccccc64)c4ccccc4-5)c4cccc5c4sc4ccc6ccccc6c45)c3)cc2)cc1. The largest absolute Gasteiger partial charge is 0.309 e. The van der Waals surface area contributed by atoms with E-state index in [1.807, 2.05) is 11.3 Å². The zero-order valence-corrected chi connectivity index (χ0v) is 34.0. The van der Waals surface area contributed by atoms with Gasteiger partial charge in [0.05, 0.1) is 15.8 Å². The van der Waals surface area contributed by atoms with Gasteiger partial charge in [-0.05, 0) is 114 Å². The summed E-state index contributed by atoms with van der Waals surface area (Å²) in [7, 11) is 0. The Bertz CT molecular complexity index is 3480. The van der Waals surface area contributed by atoms with Crippen LogP contribution in [0.1, 0.15) is 22.3 Å². The number of rotatable bonds is 5. The molecule has 11 aromatic rings. The maximum atomic E-state index is 2.52. The number of thiophene rings is 1. The van der Waals surface area contributed by atoms with Crippen LogP contribution in [0.3, 0.4) is 0 Å². The summed E-state index contributed by atoms with van der Waals surface area (Å²) in [4.78, 5) is 2.52. The van der Waals surface area contributed by atoms with E-state index in [2.05, 4.69) is 229 Å². The van der Waals surface area contributed by atoms with Crippen molar-refractivity contribution in [3.63, 3.8) is 0 Å². The minimum atomic E-state index is -0.439. The Kier molecular flexibility index (Phi) is 7.46. The average Bonchev–Trinajstić information content (AvgIpc) is 3.97. The Balaban J connectivity index is 1.06. The average molecular weight is 792 g/mol. The van der Waals surface area contributed by atoms with Gasteiger partial charge in [0.1, 0.15) is 0 Å². The van der Waals surface area contributed by atoms with E-state index in [-0.39, 0.29) is 0 Å². The van der Waals surface area contributed by atoms with Crippen molar-refractivity contribution in [3.8, 4) is 44.5 Å². The van der Waals surface area contributed by atoms with Crippen molar-refractivity contribution < 1.29 is 0 Å².